The molecule has 72 valence electrons. The summed E-state index contributed by atoms with van der Waals surface area (Å²) in [7, 11) is 0. The maximum atomic E-state index is 10.3. The number of hydrogen-bond donors (Lipinski definition) is 1. The van der Waals surface area contributed by atoms with Gasteiger partial charge >= 0.3 is 5.97 Å². The van der Waals surface area contributed by atoms with Crippen LogP contribution in [0.1, 0.15) is 25.7 Å². The van der Waals surface area contributed by atoms with E-state index < -0.39 is 5.97 Å². The first-order valence-electron chi connectivity index (χ1n) is 4.67. The van der Waals surface area contributed by atoms with Crippen LogP contribution < -0.4 is 0 Å². The van der Waals surface area contributed by atoms with Gasteiger partial charge in [-0.25, -0.2) is 0 Å². The van der Waals surface area contributed by atoms with Crippen LogP contribution in [0, 0.1) is 5.92 Å². The van der Waals surface area contributed by atoms with Crippen LogP contribution in [0.5, 0.6) is 0 Å². The summed E-state index contributed by atoms with van der Waals surface area (Å²) >= 11 is 0. The fraction of sp³-hybridized carbons (Fsp3) is 0.778. The van der Waals surface area contributed by atoms with Crippen molar-refractivity contribution in [1.29, 1.82) is 0 Å². The molecule has 1 aliphatic heterocycles. The summed E-state index contributed by atoms with van der Waals surface area (Å²) in [6.45, 7) is 0.736. The molecular formula is C9H13NO3. The number of aliphatic imine (C=N–C) groups is 1. The fourth-order valence-electron chi connectivity index (χ4n) is 1.51. The second-order valence-electron chi connectivity index (χ2n) is 3.62. The van der Waals surface area contributed by atoms with Crippen LogP contribution in [0.2, 0.25) is 0 Å². The molecule has 0 saturated heterocycles. The molecule has 1 fully saturated rings. The Kier molecular flexibility index (Phi) is 2.20. The Bertz CT molecular complexity index is 245. The van der Waals surface area contributed by atoms with Gasteiger partial charge in [-0.3, -0.25) is 9.79 Å². The van der Waals surface area contributed by atoms with Crippen LogP contribution in [-0.4, -0.2) is 29.6 Å². The highest BCUT2D eigenvalue weighted by Gasteiger charge is 2.35. The van der Waals surface area contributed by atoms with Crippen molar-refractivity contribution in [3.05, 3.63) is 0 Å². The Hall–Kier alpha value is -1.06. The molecule has 2 rings (SSSR count). The predicted molar refractivity (Wildman–Crippen MR) is 46.8 cm³/mol. The summed E-state index contributed by atoms with van der Waals surface area (Å²) < 4.78 is 5.52. The van der Waals surface area contributed by atoms with Crippen molar-refractivity contribution in [3.63, 3.8) is 0 Å². The number of carboxylic acid groups (broad SMARTS) is 1. The molecule has 1 saturated carbocycles. The summed E-state index contributed by atoms with van der Waals surface area (Å²) in [6, 6.07) is 0. The van der Waals surface area contributed by atoms with E-state index in [-0.39, 0.29) is 12.5 Å². The monoisotopic (exact) mass is 183 g/mol. The minimum Gasteiger partial charge on any atom is -0.481 e. The molecule has 0 aromatic carbocycles. The van der Waals surface area contributed by atoms with Gasteiger partial charge in [0.1, 0.15) is 6.10 Å². The number of rotatable bonds is 4. The van der Waals surface area contributed by atoms with Gasteiger partial charge in [-0.2, -0.15) is 0 Å². The number of carboxylic acids is 1. The van der Waals surface area contributed by atoms with Gasteiger partial charge in [0.25, 0.3) is 0 Å². The zero-order valence-electron chi connectivity index (χ0n) is 7.40. The van der Waals surface area contributed by atoms with Gasteiger partial charge in [0.2, 0.25) is 0 Å². The highest BCUT2D eigenvalue weighted by atomic mass is 16.5. The smallest absolute Gasteiger partial charge is 0.303 e. The molecule has 1 heterocycles. The fourth-order valence-corrected chi connectivity index (χ4v) is 1.51. The average molecular weight is 183 g/mol. The van der Waals surface area contributed by atoms with Crippen LogP contribution in [0.25, 0.3) is 0 Å². The molecule has 0 amide bonds. The van der Waals surface area contributed by atoms with E-state index in [4.69, 9.17) is 9.84 Å². The minimum absolute atomic E-state index is 0.121. The van der Waals surface area contributed by atoms with E-state index in [1.165, 1.54) is 12.8 Å². The first-order chi connectivity index (χ1) is 6.25. The second kappa shape index (κ2) is 3.36. The van der Waals surface area contributed by atoms with Gasteiger partial charge in [-0.1, -0.05) is 0 Å². The van der Waals surface area contributed by atoms with Gasteiger partial charge in [0.05, 0.1) is 13.0 Å². The van der Waals surface area contributed by atoms with Gasteiger partial charge in [0, 0.05) is 6.42 Å². The Morgan fingerprint density at radius 1 is 1.62 bits per heavy atom. The molecule has 0 aromatic rings. The van der Waals surface area contributed by atoms with Gasteiger partial charge < -0.3 is 9.84 Å². The number of carbonyl (C=O) groups is 1. The Morgan fingerprint density at radius 2 is 2.38 bits per heavy atom. The van der Waals surface area contributed by atoms with Gasteiger partial charge in [-0.05, 0) is 18.8 Å². The summed E-state index contributed by atoms with van der Waals surface area (Å²) in [5.74, 6) is 0.534. The van der Waals surface area contributed by atoms with E-state index in [1.807, 2.05) is 0 Å². The van der Waals surface area contributed by atoms with Crippen LogP contribution >= 0.6 is 0 Å². The number of nitrogens with zero attached hydrogens (tertiary/aromatic N) is 1. The van der Waals surface area contributed by atoms with Crippen molar-refractivity contribution < 1.29 is 14.6 Å². The normalized spacial score (nSPS) is 26.8. The lowest BCUT2D eigenvalue weighted by atomic mass is 10.2. The number of aliphatic carboxylic acids is 1. The van der Waals surface area contributed by atoms with Crippen LogP contribution in [0.4, 0.5) is 0 Å². The molecule has 13 heavy (non-hydrogen) atoms. The third-order valence-corrected chi connectivity index (χ3v) is 2.44. The van der Waals surface area contributed by atoms with Gasteiger partial charge in [0.15, 0.2) is 5.90 Å². The van der Waals surface area contributed by atoms with Gasteiger partial charge in [-0.15, -0.1) is 0 Å². The van der Waals surface area contributed by atoms with E-state index in [1.54, 1.807) is 0 Å². The number of ether oxygens (including phenoxy) is 1. The van der Waals surface area contributed by atoms with Crippen LogP contribution in [0.15, 0.2) is 4.99 Å². The molecule has 0 bridgehead atoms. The van der Waals surface area contributed by atoms with E-state index in [2.05, 4.69) is 4.99 Å². The molecule has 1 unspecified atom stereocenters. The third kappa shape index (κ3) is 2.20. The van der Waals surface area contributed by atoms with Crippen molar-refractivity contribution in [1.82, 2.24) is 0 Å². The van der Waals surface area contributed by atoms with Crippen molar-refractivity contribution in [3.8, 4) is 0 Å². The molecule has 0 aromatic heterocycles. The second-order valence-corrected chi connectivity index (χ2v) is 3.62. The summed E-state index contributed by atoms with van der Waals surface area (Å²) in [4.78, 5) is 14.5. The largest absolute Gasteiger partial charge is 0.481 e. The maximum absolute atomic E-state index is 10.3. The van der Waals surface area contributed by atoms with E-state index in [0.29, 0.717) is 18.2 Å². The zero-order valence-corrected chi connectivity index (χ0v) is 7.40. The lowest BCUT2D eigenvalue weighted by molar-refractivity contribution is -0.136. The molecule has 0 radical (unpaired) electrons. The standard InChI is InChI=1S/C9H13NO3/c11-9(12)4-3-8-10-5-7(13-8)6-1-2-6/h6-7H,1-5H2,(H,11,12). The molecule has 4 heteroatoms. The SMILES string of the molecule is O=C(O)CCC1=NCC(C2CC2)O1. The highest BCUT2D eigenvalue weighted by molar-refractivity contribution is 5.81. The molecule has 1 atom stereocenters. The molecule has 1 aliphatic carbocycles. The Balaban J connectivity index is 1.73. The van der Waals surface area contributed by atoms with Crippen molar-refractivity contribution >= 4 is 11.9 Å². The zero-order chi connectivity index (χ0) is 9.26. The summed E-state index contributed by atoms with van der Waals surface area (Å²) in [5, 5.41) is 8.45. The van der Waals surface area contributed by atoms with Crippen molar-refractivity contribution in [2.75, 3.05) is 6.54 Å². The first kappa shape index (κ1) is 8.53. The maximum Gasteiger partial charge on any atom is 0.303 e. The van der Waals surface area contributed by atoms with E-state index >= 15 is 0 Å². The average Bonchev–Trinajstić information content (AvgIpc) is 2.83. The molecule has 0 spiro atoms. The van der Waals surface area contributed by atoms with Crippen molar-refractivity contribution in [2.45, 2.75) is 31.8 Å². The molecule has 4 nitrogen and oxygen atoms in total. The van der Waals surface area contributed by atoms with E-state index in [0.717, 1.165) is 6.54 Å². The molecule has 1 N–H and O–H groups in total. The topological polar surface area (TPSA) is 58.9 Å². The lowest BCUT2D eigenvalue weighted by Crippen LogP contribution is -2.15. The number of hydrogen-bond acceptors (Lipinski definition) is 3. The third-order valence-electron chi connectivity index (χ3n) is 2.44. The Morgan fingerprint density at radius 3 is 3.00 bits per heavy atom. The predicted octanol–water partition coefficient (Wildman–Crippen LogP) is 1.06. The minimum atomic E-state index is -0.791. The van der Waals surface area contributed by atoms with Crippen LogP contribution in [0.3, 0.4) is 0 Å². The Labute approximate surface area is 76.6 Å². The van der Waals surface area contributed by atoms with Crippen molar-refractivity contribution in [2.24, 2.45) is 10.9 Å². The first-order valence-corrected chi connectivity index (χ1v) is 4.67. The molecule has 2 aliphatic rings. The molecular weight excluding hydrogens is 170 g/mol. The highest BCUT2D eigenvalue weighted by Crippen LogP contribution is 2.36. The lowest BCUT2D eigenvalue weighted by Gasteiger charge is -2.08. The summed E-state index contributed by atoms with van der Waals surface area (Å²) in [6.07, 6.45) is 3.30. The van der Waals surface area contributed by atoms with Crippen LogP contribution in [-0.2, 0) is 9.53 Å². The summed E-state index contributed by atoms with van der Waals surface area (Å²) in [5.41, 5.74) is 0. The quantitative estimate of drug-likeness (QED) is 0.708. The van der Waals surface area contributed by atoms with E-state index in [9.17, 15) is 4.79 Å².